The van der Waals surface area contributed by atoms with Gasteiger partial charge in [0.25, 0.3) is 0 Å². The van der Waals surface area contributed by atoms with Crippen LogP contribution < -0.4 is 0 Å². The maximum absolute atomic E-state index is 4.34. The van der Waals surface area contributed by atoms with E-state index in [1.165, 1.54) is 33.4 Å². The van der Waals surface area contributed by atoms with Gasteiger partial charge in [-0.2, -0.15) is 0 Å². The number of halogens is 1. The highest BCUT2D eigenvalue weighted by molar-refractivity contribution is 9.10. The topological polar surface area (TPSA) is 0 Å². The van der Waals surface area contributed by atoms with Crippen LogP contribution in [-0.4, -0.2) is 0 Å². The SMILES string of the molecule is C=Cc1c(-c2cccc(Br)c2)ccc2c1C(=C)C(=C/C)/C2=C\C.CC. The normalized spacial score (nSPS) is 15.8. The number of hydrogen-bond acceptors (Lipinski definition) is 0. The van der Waals surface area contributed by atoms with Crippen LogP contribution in [0.4, 0.5) is 0 Å². The van der Waals surface area contributed by atoms with Gasteiger partial charge in [-0.3, -0.25) is 0 Å². The van der Waals surface area contributed by atoms with E-state index in [9.17, 15) is 0 Å². The van der Waals surface area contributed by atoms with Crippen molar-refractivity contribution in [3.05, 3.63) is 88.4 Å². The number of allylic oxidation sites excluding steroid dienone is 5. The second kappa shape index (κ2) is 8.31. The second-order valence-corrected chi connectivity index (χ2v) is 6.46. The molecule has 0 amide bonds. The molecule has 0 atom stereocenters. The molecule has 1 aliphatic carbocycles. The van der Waals surface area contributed by atoms with E-state index in [0.29, 0.717) is 0 Å². The van der Waals surface area contributed by atoms with E-state index in [4.69, 9.17) is 0 Å². The number of benzene rings is 2. The molecule has 1 aliphatic rings. The Morgan fingerprint density at radius 3 is 2.12 bits per heavy atom. The summed E-state index contributed by atoms with van der Waals surface area (Å²) in [5.74, 6) is 0. The van der Waals surface area contributed by atoms with E-state index in [0.717, 1.165) is 15.6 Å². The Kier molecular flexibility index (Phi) is 6.39. The predicted molar refractivity (Wildman–Crippen MR) is 117 cm³/mol. The van der Waals surface area contributed by atoms with E-state index < -0.39 is 0 Å². The molecule has 0 aromatic heterocycles. The Balaban J connectivity index is 0.00000109. The Hall–Kier alpha value is -2.12. The molecule has 0 aliphatic heterocycles. The van der Waals surface area contributed by atoms with Crippen LogP contribution in [0, 0.1) is 0 Å². The highest BCUT2D eigenvalue weighted by atomic mass is 79.9. The quantitative estimate of drug-likeness (QED) is 0.483. The van der Waals surface area contributed by atoms with Crippen molar-refractivity contribution >= 4 is 33.2 Å². The standard InChI is InChI=1S/C22H19Br.C2H6/c1-5-17-14(4)22-19(7-3)20(11-12-21(22)18(17)6-2)15-9-8-10-16(23)13-15;1-2/h5-13H,3-4H2,1-2H3;1-2H3/b17-5-,18-6+;. The molecule has 0 radical (unpaired) electrons. The highest BCUT2D eigenvalue weighted by Crippen LogP contribution is 2.48. The Bertz CT molecular complexity index is 879. The first kappa shape index (κ1) is 19.2. The average Bonchev–Trinajstić information content (AvgIpc) is 2.93. The van der Waals surface area contributed by atoms with Gasteiger partial charge < -0.3 is 0 Å². The lowest BCUT2D eigenvalue weighted by Gasteiger charge is -2.12. The third kappa shape index (κ3) is 3.34. The third-order valence-electron chi connectivity index (χ3n) is 4.37. The maximum Gasteiger partial charge on any atom is 0.0181 e. The molecule has 2 aromatic rings. The number of hydrogen-bond donors (Lipinski definition) is 0. The first-order valence-electron chi connectivity index (χ1n) is 8.70. The largest absolute Gasteiger partial charge is 0.0984 e. The van der Waals surface area contributed by atoms with Gasteiger partial charge in [-0.15, -0.1) is 0 Å². The van der Waals surface area contributed by atoms with E-state index in [-0.39, 0.29) is 0 Å². The van der Waals surface area contributed by atoms with Crippen LogP contribution in [0.5, 0.6) is 0 Å². The van der Waals surface area contributed by atoms with Gasteiger partial charge >= 0.3 is 0 Å². The van der Waals surface area contributed by atoms with Crippen molar-refractivity contribution in [3.8, 4) is 11.1 Å². The Morgan fingerprint density at radius 2 is 1.56 bits per heavy atom. The minimum Gasteiger partial charge on any atom is -0.0984 e. The molecule has 0 fully saturated rings. The zero-order valence-corrected chi connectivity index (χ0v) is 17.1. The van der Waals surface area contributed by atoms with Crippen LogP contribution in [0.25, 0.3) is 28.3 Å². The van der Waals surface area contributed by atoms with Crippen LogP contribution in [0.15, 0.2) is 71.8 Å². The van der Waals surface area contributed by atoms with Crippen molar-refractivity contribution in [3.63, 3.8) is 0 Å². The Morgan fingerprint density at radius 1 is 0.920 bits per heavy atom. The highest BCUT2D eigenvalue weighted by Gasteiger charge is 2.27. The summed E-state index contributed by atoms with van der Waals surface area (Å²) in [5, 5.41) is 0. The molecule has 0 heterocycles. The summed E-state index contributed by atoms with van der Waals surface area (Å²) in [6, 6.07) is 12.8. The van der Waals surface area contributed by atoms with E-state index in [1.54, 1.807) is 0 Å². The molecule has 0 unspecified atom stereocenters. The maximum atomic E-state index is 4.34. The first-order valence-corrected chi connectivity index (χ1v) is 9.50. The van der Waals surface area contributed by atoms with Crippen LogP contribution in [0.1, 0.15) is 44.4 Å². The van der Waals surface area contributed by atoms with Gasteiger partial charge in [0.2, 0.25) is 0 Å². The summed E-state index contributed by atoms with van der Waals surface area (Å²) in [6.07, 6.45) is 6.26. The fourth-order valence-electron chi connectivity index (χ4n) is 3.37. The summed E-state index contributed by atoms with van der Waals surface area (Å²) < 4.78 is 1.08. The van der Waals surface area contributed by atoms with E-state index in [1.807, 2.05) is 26.0 Å². The van der Waals surface area contributed by atoms with Gasteiger partial charge in [0.1, 0.15) is 0 Å². The molecule has 2 aromatic carbocycles. The lowest BCUT2D eigenvalue weighted by Crippen LogP contribution is -1.91. The van der Waals surface area contributed by atoms with Crippen LogP contribution in [0.2, 0.25) is 0 Å². The third-order valence-corrected chi connectivity index (χ3v) is 4.86. The minimum atomic E-state index is 1.08. The average molecular weight is 393 g/mol. The van der Waals surface area contributed by atoms with Gasteiger partial charge in [0.15, 0.2) is 0 Å². The lowest BCUT2D eigenvalue weighted by molar-refractivity contribution is 1.50. The first-order chi connectivity index (χ1) is 12.1. The van der Waals surface area contributed by atoms with Crippen molar-refractivity contribution in [2.75, 3.05) is 0 Å². The Labute approximate surface area is 160 Å². The second-order valence-electron chi connectivity index (χ2n) is 5.55. The zero-order chi connectivity index (χ0) is 18.6. The van der Waals surface area contributed by atoms with Crippen LogP contribution >= 0.6 is 15.9 Å². The van der Waals surface area contributed by atoms with Crippen molar-refractivity contribution in [1.29, 1.82) is 0 Å². The van der Waals surface area contributed by atoms with Crippen molar-refractivity contribution in [2.45, 2.75) is 27.7 Å². The van der Waals surface area contributed by atoms with E-state index >= 15 is 0 Å². The summed E-state index contributed by atoms with van der Waals surface area (Å²) in [4.78, 5) is 0. The molecule has 25 heavy (non-hydrogen) atoms. The number of rotatable bonds is 2. The van der Waals surface area contributed by atoms with Gasteiger partial charge in [-0.1, -0.05) is 85.4 Å². The molecule has 0 nitrogen and oxygen atoms in total. The zero-order valence-electron chi connectivity index (χ0n) is 15.5. The van der Waals surface area contributed by atoms with Gasteiger partial charge in [-0.25, -0.2) is 0 Å². The van der Waals surface area contributed by atoms with Crippen molar-refractivity contribution < 1.29 is 0 Å². The van der Waals surface area contributed by atoms with Gasteiger partial charge in [0, 0.05) is 4.47 Å². The van der Waals surface area contributed by atoms with Gasteiger partial charge in [0.05, 0.1) is 0 Å². The van der Waals surface area contributed by atoms with Crippen LogP contribution in [-0.2, 0) is 0 Å². The van der Waals surface area contributed by atoms with Crippen molar-refractivity contribution in [1.82, 2.24) is 0 Å². The molecule has 128 valence electrons. The molecular formula is C24H25Br. The fraction of sp³-hybridized carbons (Fsp3) is 0.167. The smallest absolute Gasteiger partial charge is 0.0181 e. The van der Waals surface area contributed by atoms with E-state index in [2.05, 4.69) is 85.4 Å². The minimum absolute atomic E-state index is 1.08. The monoisotopic (exact) mass is 392 g/mol. The lowest BCUT2D eigenvalue weighted by atomic mass is 9.91. The summed E-state index contributed by atoms with van der Waals surface area (Å²) >= 11 is 3.56. The summed E-state index contributed by atoms with van der Waals surface area (Å²) in [5.41, 5.74) is 9.55. The predicted octanol–water partition coefficient (Wildman–Crippen LogP) is 8.16. The molecule has 3 rings (SSSR count). The molecule has 0 N–H and O–H groups in total. The molecule has 0 spiro atoms. The molecular weight excluding hydrogens is 368 g/mol. The molecule has 0 saturated carbocycles. The molecule has 0 bridgehead atoms. The summed E-state index contributed by atoms with van der Waals surface area (Å²) in [7, 11) is 0. The van der Waals surface area contributed by atoms with Gasteiger partial charge in [-0.05, 0) is 70.5 Å². The number of fused-ring (bicyclic) bond motifs is 1. The summed E-state index contributed by atoms with van der Waals surface area (Å²) in [6.45, 7) is 16.6. The van der Waals surface area contributed by atoms with Crippen LogP contribution in [0.3, 0.4) is 0 Å². The molecule has 0 saturated heterocycles. The fourth-order valence-corrected chi connectivity index (χ4v) is 3.77. The molecule has 1 heteroatoms. The van der Waals surface area contributed by atoms with Crippen molar-refractivity contribution in [2.24, 2.45) is 0 Å².